The van der Waals surface area contributed by atoms with Gasteiger partial charge in [0, 0.05) is 0 Å². The van der Waals surface area contributed by atoms with Crippen LogP contribution < -0.4 is 5.32 Å². The van der Waals surface area contributed by atoms with Crippen LogP contribution >= 0.6 is 0 Å². The highest BCUT2D eigenvalue weighted by Crippen LogP contribution is 2.15. The van der Waals surface area contributed by atoms with E-state index in [1.165, 1.54) is 5.57 Å². The van der Waals surface area contributed by atoms with Crippen LogP contribution in [0.3, 0.4) is 0 Å². The van der Waals surface area contributed by atoms with Crippen LogP contribution in [-0.4, -0.2) is 31.1 Å². The van der Waals surface area contributed by atoms with Gasteiger partial charge < -0.3 is 14.8 Å². The van der Waals surface area contributed by atoms with Crippen LogP contribution in [0.2, 0.25) is 0 Å². The first-order chi connectivity index (χ1) is 9.34. The monoisotopic (exact) mass is 280 g/mol. The minimum absolute atomic E-state index is 0.319. The number of nitrogens with one attached hydrogen (secondary N) is 1. The molecule has 1 rings (SSSR count). The molecule has 0 spiro atoms. The second-order valence-electron chi connectivity index (χ2n) is 5.57. The average Bonchev–Trinajstić information content (AvgIpc) is 2.56. The summed E-state index contributed by atoms with van der Waals surface area (Å²) < 4.78 is 10.4. The van der Waals surface area contributed by atoms with E-state index >= 15 is 0 Å². The third-order valence-corrected chi connectivity index (χ3v) is 2.64. The quantitative estimate of drug-likeness (QED) is 0.860. The zero-order valence-corrected chi connectivity index (χ0v) is 12.9. The molecule has 1 aliphatic rings. The van der Waals surface area contributed by atoms with Crippen LogP contribution in [0, 0.1) is 0 Å². The fourth-order valence-corrected chi connectivity index (χ4v) is 1.68. The molecule has 5 nitrogen and oxygen atoms in total. The molecule has 0 bridgehead atoms. The summed E-state index contributed by atoms with van der Waals surface area (Å²) in [7, 11) is 1.59. The number of alkyl carbamates (subject to hydrolysis) is 1. The molecule has 0 aromatic carbocycles. The van der Waals surface area contributed by atoms with Gasteiger partial charge >= 0.3 is 6.09 Å². The lowest BCUT2D eigenvalue weighted by atomic mass is 10.1. The van der Waals surface area contributed by atoms with Crippen LogP contribution in [0.15, 0.2) is 28.6 Å². The van der Waals surface area contributed by atoms with Crippen LogP contribution in [0.25, 0.3) is 0 Å². The van der Waals surface area contributed by atoms with Crippen molar-refractivity contribution in [3.63, 3.8) is 0 Å². The zero-order chi connectivity index (χ0) is 15.2. The summed E-state index contributed by atoms with van der Waals surface area (Å²) in [6.45, 7) is 7.90. The lowest BCUT2D eigenvalue weighted by Crippen LogP contribution is -2.35. The maximum atomic E-state index is 11.6. The zero-order valence-electron chi connectivity index (χ0n) is 12.9. The summed E-state index contributed by atoms with van der Waals surface area (Å²) >= 11 is 0. The highest BCUT2D eigenvalue weighted by molar-refractivity contribution is 5.99. The molecule has 0 saturated heterocycles. The molecule has 0 aliphatic carbocycles. The number of carbonyl (C=O) groups excluding carboxylic acids is 1. The molecular weight excluding hydrogens is 256 g/mol. The smallest absolute Gasteiger partial charge is 0.407 e. The molecule has 1 amide bonds. The Hall–Kier alpha value is -1.78. The van der Waals surface area contributed by atoms with Gasteiger partial charge in [-0.2, -0.15) is 0 Å². The Labute approximate surface area is 120 Å². The number of amides is 1. The number of hydrogen-bond acceptors (Lipinski definition) is 4. The summed E-state index contributed by atoms with van der Waals surface area (Å²) in [6, 6.07) is 0. The average molecular weight is 280 g/mol. The number of aliphatic imine (C=N–C) groups is 1. The van der Waals surface area contributed by atoms with Gasteiger partial charge in [-0.15, -0.1) is 0 Å². The van der Waals surface area contributed by atoms with Gasteiger partial charge in [0.05, 0.1) is 19.4 Å². The van der Waals surface area contributed by atoms with E-state index in [1.807, 2.05) is 32.9 Å². The van der Waals surface area contributed by atoms with Crippen molar-refractivity contribution >= 4 is 11.8 Å². The molecule has 1 N–H and O–H groups in total. The first-order valence-corrected chi connectivity index (χ1v) is 6.82. The second-order valence-corrected chi connectivity index (χ2v) is 5.57. The predicted molar refractivity (Wildman–Crippen MR) is 79.8 cm³/mol. The molecular formula is C15H24N2O3. The predicted octanol–water partition coefficient (Wildman–Crippen LogP) is 3.18. The number of hydrogen-bond donors (Lipinski definition) is 1. The number of allylic oxidation sites excluding steroid dienone is 2. The van der Waals surface area contributed by atoms with E-state index in [1.54, 1.807) is 7.11 Å². The van der Waals surface area contributed by atoms with Gasteiger partial charge in [-0.1, -0.05) is 12.5 Å². The van der Waals surface area contributed by atoms with Gasteiger partial charge in [0.25, 0.3) is 0 Å². The lowest BCUT2D eigenvalue weighted by Gasteiger charge is -2.19. The summed E-state index contributed by atoms with van der Waals surface area (Å²) in [5, 5.41) is 2.71. The van der Waals surface area contributed by atoms with Crippen molar-refractivity contribution in [3.8, 4) is 0 Å². The third kappa shape index (κ3) is 5.91. The fourth-order valence-electron chi connectivity index (χ4n) is 1.68. The Balaban J connectivity index is 2.66. The van der Waals surface area contributed by atoms with E-state index in [-0.39, 0.29) is 0 Å². The van der Waals surface area contributed by atoms with Gasteiger partial charge in [-0.05, 0) is 45.8 Å². The highest BCUT2D eigenvalue weighted by Gasteiger charge is 2.16. The number of ether oxygens (including phenoxy) is 2. The van der Waals surface area contributed by atoms with Gasteiger partial charge in [0.1, 0.15) is 5.60 Å². The lowest BCUT2D eigenvalue weighted by molar-refractivity contribution is 0.0536. The van der Waals surface area contributed by atoms with Gasteiger partial charge in [0.15, 0.2) is 0 Å². The fraction of sp³-hybridized carbons (Fsp3) is 0.600. The van der Waals surface area contributed by atoms with E-state index in [0.717, 1.165) is 18.6 Å². The van der Waals surface area contributed by atoms with Crippen molar-refractivity contribution in [2.24, 2.45) is 4.99 Å². The van der Waals surface area contributed by atoms with Crippen LogP contribution in [0.4, 0.5) is 4.79 Å². The van der Waals surface area contributed by atoms with E-state index < -0.39 is 11.7 Å². The number of rotatable bonds is 4. The van der Waals surface area contributed by atoms with E-state index in [2.05, 4.69) is 17.2 Å². The maximum Gasteiger partial charge on any atom is 0.407 e. The number of methoxy groups -OCH3 is 1. The molecule has 0 radical (unpaired) electrons. The van der Waals surface area contributed by atoms with Crippen molar-refractivity contribution in [3.05, 3.63) is 23.6 Å². The Kier molecular flexibility index (Phi) is 5.80. The van der Waals surface area contributed by atoms with Crippen molar-refractivity contribution in [2.45, 2.75) is 46.1 Å². The van der Waals surface area contributed by atoms with Crippen molar-refractivity contribution < 1.29 is 14.3 Å². The van der Waals surface area contributed by atoms with Crippen LogP contribution in [0.1, 0.15) is 40.5 Å². The normalized spacial score (nSPS) is 15.6. The topological polar surface area (TPSA) is 59.9 Å². The maximum absolute atomic E-state index is 11.6. The molecule has 112 valence electrons. The van der Waals surface area contributed by atoms with Crippen molar-refractivity contribution in [1.82, 2.24) is 5.32 Å². The standard InChI is InChI=1S/C15H24N2O3/c1-6-11-7-8-13(19-5)17-12(9-11)10-16-14(18)20-15(2,3)4/h8-9H,6-7,10H2,1-5H3,(H,16,18). The SMILES string of the molecule is CCC1=CC(CNC(=O)OC(C)(C)C)=NC(OC)=CC1. The Morgan fingerprint density at radius 3 is 2.70 bits per heavy atom. The van der Waals surface area contributed by atoms with Crippen molar-refractivity contribution in [2.75, 3.05) is 13.7 Å². The summed E-state index contributed by atoms with van der Waals surface area (Å²) in [5.41, 5.74) is 1.51. The molecule has 0 aromatic heterocycles. The number of carbonyl (C=O) groups is 1. The van der Waals surface area contributed by atoms with Crippen LogP contribution in [0.5, 0.6) is 0 Å². The second kappa shape index (κ2) is 7.12. The molecule has 0 fully saturated rings. The van der Waals surface area contributed by atoms with Crippen LogP contribution in [-0.2, 0) is 9.47 Å². The highest BCUT2D eigenvalue weighted by atomic mass is 16.6. The first-order valence-electron chi connectivity index (χ1n) is 6.82. The minimum atomic E-state index is -0.503. The molecule has 0 saturated carbocycles. The molecule has 0 atom stereocenters. The van der Waals surface area contributed by atoms with E-state index in [9.17, 15) is 4.79 Å². The molecule has 0 unspecified atom stereocenters. The molecule has 1 heterocycles. The van der Waals surface area contributed by atoms with Gasteiger partial charge in [0.2, 0.25) is 5.88 Å². The van der Waals surface area contributed by atoms with Crippen molar-refractivity contribution in [1.29, 1.82) is 0 Å². The first kappa shape index (κ1) is 16.3. The summed E-state index contributed by atoms with van der Waals surface area (Å²) in [6.07, 6.45) is 5.26. The minimum Gasteiger partial charge on any atom is -0.481 e. The van der Waals surface area contributed by atoms with E-state index in [0.29, 0.717) is 12.4 Å². The largest absolute Gasteiger partial charge is 0.481 e. The third-order valence-electron chi connectivity index (χ3n) is 2.64. The summed E-state index contributed by atoms with van der Waals surface area (Å²) in [4.78, 5) is 16.0. The molecule has 1 aliphatic heterocycles. The molecule has 20 heavy (non-hydrogen) atoms. The molecule has 0 aromatic rings. The number of nitrogens with zero attached hydrogens (tertiary/aromatic N) is 1. The van der Waals surface area contributed by atoms with Gasteiger partial charge in [-0.25, -0.2) is 9.79 Å². The summed E-state index contributed by atoms with van der Waals surface area (Å²) in [5.74, 6) is 0.575. The Bertz CT molecular complexity index is 443. The Morgan fingerprint density at radius 1 is 1.45 bits per heavy atom. The van der Waals surface area contributed by atoms with Gasteiger partial charge in [-0.3, -0.25) is 0 Å². The molecule has 5 heteroatoms. The Morgan fingerprint density at radius 2 is 2.15 bits per heavy atom. The van der Waals surface area contributed by atoms with E-state index in [4.69, 9.17) is 9.47 Å².